The van der Waals surface area contributed by atoms with Crippen molar-refractivity contribution in [3.63, 3.8) is 0 Å². The Kier molecular flexibility index (Phi) is 2.53. The van der Waals surface area contributed by atoms with E-state index >= 15 is 0 Å². The van der Waals surface area contributed by atoms with Crippen LogP contribution in [0.15, 0.2) is 57.7 Å². The third kappa shape index (κ3) is 1.54. The SMILES string of the molecule is Brc1cc2c3c(cccc3c1)-c1c-2cc(Br)c2nccnc12. The Morgan fingerprint density at radius 3 is 2.45 bits per heavy atom. The van der Waals surface area contributed by atoms with Gasteiger partial charge >= 0.3 is 0 Å². The zero-order valence-electron chi connectivity index (χ0n) is 11.3. The van der Waals surface area contributed by atoms with Gasteiger partial charge in [-0.3, -0.25) is 9.97 Å². The second-order valence-corrected chi connectivity index (χ2v) is 7.16. The molecule has 0 aliphatic heterocycles. The number of fused-ring (bicyclic) bond motifs is 5. The van der Waals surface area contributed by atoms with Crippen molar-refractivity contribution >= 4 is 53.7 Å². The third-order valence-corrected chi connectivity index (χ3v) is 5.27. The average Bonchev–Trinajstić information content (AvgIpc) is 2.83. The molecule has 4 heteroatoms. The van der Waals surface area contributed by atoms with Crippen LogP contribution in [0.1, 0.15) is 0 Å². The van der Waals surface area contributed by atoms with Crippen molar-refractivity contribution in [1.29, 1.82) is 0 Å². The first-order chi connectivity index (χ1) is 10.7. The van der Waals surface area contributed by atoms with Gasteiger partial charge in [0, 0.05) is 26.9 Å². The lowest BCUT2D eigenvalue weighted by molar-refractivity contribution is 1.29. The molecule has 0 spiro atoms. The van der Waals surface area contributed by atoms with Crippen molar-refractivity contribution in [3.8, 4) is 22.3 Å². The van der Waals surface area contributed by atoms with Crippen molar-refractivity contribution in [1.82, 2.24) is 9.97 Å². The van der Waals surface area contributed by atoms with Crippen LogP contribution in [-0.4, -0.2) is 9.97 Å². The van der Waals surface area contributed by atoms with Crippen LogP contribution in [0.4, 0.5) is 0 Å². The highest BCUT2D eigenvalue weighted by molar-refractivity contribution is 9.11. The average molecular weight is 412 g/mol. The summed E-state index contributed by atoms with van der Waals surface area (Å²) in [5, 5.41) is 2.54. The second-order valence-electron chi connectivity index (χ2n) is 5.39. The van der Waals surface area contributed by atoms with Gasteiger partial charge < -0.3 is 0 Å². The topological polar surface area (TPSA) is 25.8 Å². The third-order valence-electron chi connectivity index (χ3n) is 4.20. The minimum absolute atomic E-state index is 0.908. The van der Waals surface area contributed by atoms with E-state index in [0.29, 0.717) is 0 Å². The van der Waals surface area contributed by atoms with Crippen LogP contribution in [0.5, 0.6) is 0 Å². The molecule has 3 aromatic carbocycles. The molecule has 0 atom stereocenters. The van der Waals surface area contributed by atoms with Gasteiger partial charge in [0.1, 0.15) is 5.52 Å². The van der Waals surface area contributed by atoms with Gasteiger partial charge in [-0.15, -0.1) is 0 Å². The molecule has 0 N–H and O–H groups in total. The Bertz CT molecular complexity index is 1100. The van der Waals surface area contributed by atoms with Gasteiger partial charge in [0.05, 0.1) is 5.52 Å². The maximum absolute atomic E-state index is 4.60. The lowest BCUT2D eigenvalue weighted by Crippen LogP contribution is -1.88. The van der Waals surface area contributed by atoms with Crippen LogP contribution < -0.4 is 0 Å². The van der Waals surface area contributed by atoms with Crippen LogP contribution in [-0.2, 0) is 0 Å². The molecule has 0 bridgehead atoms. The summed E-state index contributed by atoms with van der Waals surface area (Å²) in [7, 11) is 0. The summed E-state index contributed by atoms with van der Waals surface area (Å²) in [6.45, 7) is 0. The monoisotopic (exact) mass is 410 g/mol. The van der Waals surface area contributed by atoms with E-state index in [-0.39, 0.29) is 0 Å². The molecule has 104 valence electrons. The van der Waals surface area contributed by atoms with Crippen molar-refractivity contribution in [3.05, 3.63) is 57.7 Å². The number of nitrogens with zero attached hydrogens (tertiary/aromatic N) is 2. The number of halogens is 2. The van der Waals surface area contributed by atoms with E-state index in [1.807, 2.05) is 0 Å². The van der Waals surface area contributed by atoms with Crippen molar-refractivity contribution in [2.75, 3.05) is 0 Å². The maximum atomic E-state index is 4.60. The first-order valence-corrected chi connectivity index (χ1v) is 8.49. The fourth-order valence-corrected chi connectivity index (χ4v) is 4.38. The van der Waals surface area contributed by atoms with Gasteiger partial charge in [0.15, 0.2) is 0 Å². The van der Waals surface area contributed by atoms with Crippen LogP contribution in [0, 0.1) is 0 Å². The van der Waals surface area contributed by atoms with Gasteiger partial charge in [0.25, 0.3) is 0 Å². The second kappa shape index (κ2) is 4.37. The Hall–Kier alpha value is -1.78. The normalized spacial score (nSPS) is 12.1. The number of benzene rings is 3. The lowest BCUT2D eigenvalue weighted by Gasteiger charge is -2.07. The Morgan fingerprint density at radius 2 is 1.59 bits per heavy atom. The van der Waals surface area contributed by atoms with E-state index in [2.05, 4.69) is 78.2 Å². The van der Waals surface area contributed by atoms with E-state index in [1.54, 1.807) is 12.4 Å². The summed E-state index contributed by atoms with van der Waals surface area (Å²) in [6, 6.07) is 12.9. The summed E-state index contributed by atoms with van der Waals surface area (Å²) in [6.07, 6.45) is 3.49. The van der Waals surface area contributed by atoms with Gasteiger partial charge in [-0.2, -0.15) is 0 Å². The number of rotatable bonds is 0. The lowest BCUT2D eigenvalue weighted by atomic mass is 10.0. The quantitative estimate of drug-likeness (QED) is 0.314. The van der Waals surface area contributed by atoms with Crippen LogP contribution in [0.2, 0.25) is 0 Å². The molecule has 0 radical (unpaired) electrons. The first kappa shape index (κ1) is 12.7. The molecule has 5 rings (SSSR count). The summed E-state index contributed by atoms with van der Waals surface area (Å²) < 4.78 is 2.07. The minimum Gasteiger partial charge on any atom is -0.252 e. The van der Waals surface area contributed by atoms with Gasteiger partial charge in [0.2, 0.25) is 0 Å². The molecule has 0 unspecified atom stereocenters. The summed E-state index contributed by atoms with van der Waals surface area (Å²) in [5.74, 6) is 0. The van der Waals surface area contributed by atoms with Gasteiger partial charge in [-0.1, -0.05) is 34.1 Å². The van der Waals surface area contributed by atoms with Crippen LogP contribution in [0.3, 0.4) is 0 Å². The number of hydrogen-bond acceptors (Lipinski definition) is 2. The molecule has 1 heterocycles. The Balaban J connectivity index is 2.08. The standard InChI is InChI=1S/C18H8Br2N2/c19-10-6-9-2-1-3-11-15(9)12(7-10)13-8-14(20)17-18(16(11)13)22-5-4-21-17/h1-8H. The Morgan fingerprint density at radius 1 is 0.773 bits per heavy atom. The maximum Gasteiger partial charge on any atom is 0.103 e. The summed E-state index contributed by atoms with van der Waals surface area (Å²) in [4.78, 5) is 9.09. The minimum atomic E-state index is 0.908. The molecule has 1 aromatic heterocycles. The molecular weight excluding hydrogens is 404 g/mol. The molecule has 4 aromatic rings. The Labute approximate surface area is 143 Å². The van der Waals surface area contributed by atoms with Crippen LogP contribution in [0.25, 0.3) is 44.1 Å². The zero-order valence-corrected chi connectivity index (χ0v) is 14.4. The van der Waals surface area contributed by atoms with Crippen molar-refractivity contribution in [2.45, 2.75) is 0 Å². The smallest absolute Gasteiger partial charge is 0.103 e. The molecule has 0 amide bonds. The van der Waals surface area contributed by atoms with Gasteiger partial charge in [-0.05, 0) is 61.6 Å². The van der Waals surface area contributed by atoms with Gasteiger partial charge in [-0.25, -0.2) is 0 Å². The van der Waals surface area contributed by atoms with E-state index in [4.69, 9.17) is 0 Å². The molecular formula is C18H8Br2N2. The number of aromatic nitrogens is 2. The van der Waals surface area contributed by atoms with Crippen molar-refractivity contribution < 1.29 is 0 Å². The van der Waals surface area contributed by atoms with E-state index in [9.17, 15) is 0 Å². The highest BCUT2D eigenvalue weighted by atomic mass is 79.9. The summed E-state index contributed by atoms with van der Waals surface area (Å²) >= 11 is 7.28. The molecule has 0 saturated carbocycles. The summed E-state index contributed by atoms with van der Waals surface area (Å²) in [5.41, 5.74) is 6.76. The first-order valence-electron chi connectivity index (χ1n) is 6.90. The molecule has 0 saturated heterocycles. The fraction of sp³-hybridized carbons (Fsp3) is 0. The van der Waals surface area contributed by atoms with E-state index in [0.717, 1.165) is 20.0 Å². The predicted octanol–water partition coefficient (Wildman–Crippen LogP) is 5.96. The fourth-order valence-electron chi connectivity index (χ4n) is 3.39. The molecule has 1 aliphatic carbocycles. The van der Waals surface area contributed by atoms with Crippen LogP contribution >= 0.6 is 31.9 Å². The zero-order chi connectivity index (χ0) is 14.8. The molecule has 0 fully saturated rings. The molecule has 2 nitrogen and oxygen atoms in total. The highest BCUT2D eigenvalue weighted by Gasteiger charge is 2.25. The largest absolute Gasteiger partial charge is 0.252 e. The van der Waals surface area contributed by atoms with E-state index < -0.39 is 0 Å². The highest BCUT2D eigenvalue weighted by Crippen LogP contribution is 2.51. The predicted molar refractivity (Wildman–Crippen MR) is 96.9 cm³/mol. The van der Waals surface area contributed by atoms with Crippen molar-refractivity contribution in [2.24, 2.45) is 0 Å². The molecule has 22 heavy (non-hydrogen) atoms. The molecule has 1 aliphatic rings. The van der Waals surface area contributed by atoms with E-state index in [1.165, 1.54) is 33.0 Å². The number of hydrogen-bond donors (Lipinski definition) is 0.